The number of benzene rings is 1. The fraction of sp³-hybridized carbons (Fsp3) is 0.450. The Kier molecular flexibility index (Phi) is 6.41. The lowest BCUT2D eigenvalue weighted by Gasteiger charge is -2.22. The maximum atomic E-state index is 12.5. The highest BCUT2D eigenvalue weighted by Crippen LogP contribution is 2.16. The van der Waals surface area contributed by atoms with E-state index >= 15 is 0 Å². The first-order valence-electron chi connectivity index (χ1n) is 9.32. The summed E-state index contributed by atoms with van der Waals surface area (Å²) in [5.74, 6) is 0.134. The van der Waals surface area contributed by atoms with Crippen LogP contribution in [0.2, 0.25) is 0 Å². The molecule has 2 amide bonds. The van der Waals surface area contributed by atoms with Crippen molar-refractivity contribution in [1.29, 1.82) is 0 Å². The van der Waals surface area contributed by atoms with Gasteiger partial charge in [0, 0.05) is 38.3 Å². The molecule has 1 aromatic carbocycles. The van der Waals surface area contributed by atoms with Crippen LogP contribution in [-0.4, -0.2) is 39.6 Å². The van der Waals surface area contributed by atoms with Crippen LogP contribution in [-0.2, 0) is 16.1 Å². The van der Waals surface area contributed by atoms with Crippen molar-refractivity contribution in [3.05, 3.63) is 54.4 Å². The van der Waals surface area contributed by atoms with Crippen molar-refractivity contribution < 1.29 is 9.59 Å². The summed E-state index contributed by atoms with van der Waals surface area (Å²) in [7, 11) is 0. The summed E-state index contributed by atoms with van der Waals surface area (Å²) in [6.07, 6.45) is 7.63. The summed E-state index contributed by atoms with van der Waals surface area (Å²) in [6, 6.07) is 11.6. The number of carbonyl (C=O) groups is 2. The molecule has 1 aliphatic rings. The minimum atomic E-state index is -0.150. The van der Waals surface area contributed by atoms with Crippen LogP contribution >= 0.6 is 0 Å². The molecule has 138 valence electrons. The average molecular weight is 354 g/mol. The molecule has 3 rings (SSSR count). The Morgan fingerprint density at radius 3 is 2.77 bits per heavy atom. The summed E-state index contributed by atoms with van der Waals surface area (Å²) in [4.78, 5) is 26.4. The molecule has 0 radical (unpaired) electrons. The summed E-state index contributed by atoms with van der Waals surface area (Å²) in [6.45, 7) is 1.83. The van der Waals surface area contributed by atoms with Crippen LogP contribution in [0, 0.1) is 0 Å². The Morgan fingerprint density at radius 2 is 2.00 bits per heavy atom. The number of amides is 2. The van der Waals surface area contributed by atoms with Crippen molar-refractivity contribution in [2.75, 3.05) is 13.1 Å². The Hall–Kier alpha value is -2.63. The second kappa shape index (κ2) is 9.17. The predicted octanol–water partition coefficient (Wildman–Crippen LogP) is 2.53. The zero-order chi connectivity index (χ0) is 18.2. The summed E-state index contributed by atoms with van der Waals surface area (Å²) >= 11 is 0. The molecular formula is C20H26N4O2. The molecule has 1 saturated heterocycles. The first kappa shape index (κ1) is 18.2. The molecule has 2 heterocycles. The van der Waals surface area contributed by atoms with E-state index in [9.17, 15) is 9.59 Å². The SMILES string of the molecule is O=C(CCN1CCCCCC1=O)N[C@@H](Cn1cccn1)c1ccccc1. The number of nitrogens with one attached hydrogen (secondary N) is 1. The maximum Gasteiger partial charge on any atom is 0.222 e. The van der Waals surface area contributed by atoms with Gasteiger partial charge < -0.3 is 10.2 Å². The number of carbonyl (C=O) groups excluding carboxylic acids is 2. The van der Waals surface area contributed by atoms with Gasteiger partial charge in [0.2, 0.25) is 11.8 Å². The van der Waals surface area contributed by atoms with E-state index in [4.69, 9.17) is 0 Å². The van der Waals surface area contributed by atoms with Gasteiger partial charge in [-0.05, 0) is 24.5 Å². The second-order valence-electron chi connectivity index (χ2n) is 6.70. The van der Waals surface area contributed by atoms with Crippen LogP contribution in [0.1, 0.15) is 43.7 Å². The molecule has 1 aliphatic heterocycles. The van der Waals surface area contributed by atoms with Crippen LogP contribution in [0.3, 0.4) is 0 Å². The van der Waals surface area contributed by atoms with Crippen LogP contribution in [0.15, 0.2) is 48.8 Å². The predicted molar refractivity (Wildman–Crippen MR) is 99.2 cm³/mol. The van der Waals surface area contributed by atoms with Crippen LogP contribution < -0.4 is 5.32 Å². The van der Waals surface area contributed by atoms with Crippen molar-refractivity contribution >= 4 is 11.8 Å². The Morgan fingerprint density at radius 1 is 1.15 bits per heavy atom. The number of nitrogens with zero attached hydrogens (tertiary/aromatic N) is 3. The number of hydrogen-bond donors (Lipinski definition) is 1. The first-order valence-corrected chi connectivity index (χ1v) is 9.32. The third-order valence-corrected chi connectivity index (χ3v) is 4.75. The smallest absolute Gasteiger partial charge is 0.222 e. The van der Waals surface area contributed by atoms with Gasteiger partial charge in [0.05, 0.1) is 12.6 Å². The molecule has 1 atom stereocenters. The molecule has 2 aromatic rings. The third-order valence-electron chi connectivity index (χ3n) is 4.75. The molecule has 0 spiro atoms. The van der Waals surface area contributed by atoms with Crippen LogP contribution in [0.5, 0.6) is 0 Å². The van der Waals surface area contributed by atoms with Crippen molar-refractivity contribution in [3.8, 4) is 0 Å². The maximum absolute atomic E-state index is 12.5. The van der Waals surface area contributed by atoms with Crippen molar-refractivity contribution in [2.45, 2.75) is 44.7 Å². The van der Waals surface area contributed by atoms with E-state index in [1.54, 1.807) is 6.20 Å². The van der Waals surface area contributed by atoms with Gasteiger partial charge in [-0.1, -0.05) is 36.8 Å². The summed E-state index contributed by atoms with van der Waals surface area (Å²) < 4.78 is 1.82. The van der Waals surface area contributed by atoms with E-state index in [2.05, 4.69) is 10.4 Å². The lowest BCUT2D eigenvalue weighted by Crippen LogP contribution is -2.37. The van der Waals surface area contributed by atoms with Gasteiger partial charge in [-0.2, -0.15) is 5.10 Å². The largest absolute Gasteiger partial charge is 0.347 e. The molecule has 26 heavy (non-hydrogen) atoms. The molecular weight excluding hydrogens is 328 g/mol. The number of aromatic nitrogens is 2. The fourth-order valence-electron chi connectivity index (χ4n) is 3.29. The Balaban J connectivity index is 1.59. The minimum Gasteiger partial charge on any atom is -0.347 e. The molecule has 1 N–H and O–H groups in total. The van der Waals surface area contributed by atoms with Gasteiger partial charge >= 0.3 is 0 Å². The van der Waals surface area contributed by atoms with Gasteiger partial charge in [0.1, 0.15) is 0 Å². The molecule has 0 bridgehead atoms. The lowest BCUT2D eigenvalue weighted by molar-refractivity contribution is -0.131. The molecule has 1 fully saturated rings. The Labute approximate surface area is 154 Å². The van der Waals surface area contributed by atoms with Gasteiger partial charge in [0.15, 0.2) is 0 Å². The van der Waals surface area contributed by atoms with E-state index < -0.39 is 0 Å². The number of likely N-dealkylation sites (tertiary alicyclic amines) is 1. The Bertz CT molecular complexity index is 700. The average Bonchev–Trinajstić information content (AvgIpc) is 3.08. The lowest BCUT2D eigenvalue weighted by atomic mass is 10.1. The van der Waals surface area contributed by atoms with E-state index in [0.717, 1.165) is 31.4 Å². The highest BCUT2D eigenvalue weighted by Gasteiger charge is 2.19. The summed E-state index contributed by atoms with van der Waals surface area (Å²) in [5.41, 5.74) is 1.04. The molecule has 1 aromatic heterocycles. The third kappa shape index (κ3) is 5.18. The molecule has 0 saturated carbocycles. The molecule has 6 nitrogen and oxygen atoms in total. The van der Waals surface area contributed by atoms with E-state index in [0.29, 0.717) is 25.9 Å². The normalized spacial score (nSPS) is 16.2. The van der Waals surface area contributed by atoms with Gasteiger partial charge in [-0.25, -0.2) is 0 Å². The second-order valence-corrected chi connectivity index (χ2v) is 6.70. The highest BCUT2D eigenvalue weighted by molar-refractivity contribution is 5.79. The van der Waals surface area contributed by atoms with Crippen molar-refractivity contribution in [3.63, 3.8) is 0 Å². The van der Waals surface area contributed by atoms with E-state index in [-0.39, 0.29) is 17.9 Å². The molecule has 0 unspecified atom stereocenters. The van der Waals surface area contributed by atoms with Crippen molar-refractivity contribution in [2.24, 2.45) is 0 Å². The van der Waals surface area contributed by atoms with Crippen LogP contribution in [0.4, 0.5) is 0 Å². The molecule has 0 aliphatic carbocycles. The number of hydrogen-bond acceptors (Lipinski definition) is 3. The fourth-order valence-corrected chi connectivity index (χ4v) is 3.29. The van der Waals surface area contributed by atoms with Gasteiger partial charge in [0.25, 0.3) is 0 Å². The zero-order valence-corrected chi connectivity index (χ0v) is 15.0. The quantitative estimate of drug-likeness (QED) is 0.831. The topological polar surface area (TPSA) is 67.2 Å². The first-order chi connectivity index (χ1) is 12.7. The van der Waals surface area contributed by atoms with Gasteiger partial charge in [-0.3, -0.25) is 14.3 Å². The zero-order valence-electron chi connectivity index (χ0n) is 15.0. The summed E-state index contributed by atoms with van der Waals surface area (Å²) in [5, 5.41) is 7.34. The highest BCUT2D eigenvalue weighted by atomic mass is 16.2. The van der Waals surface area contributed by atoms with Gasteiger partial charge in [-0.15, -0.1) is 0 Å². The van der Waals surface area contributed by atoms with Crippen molar-refractivity contribution in [1.82, 2.24) is 20.0 Å². The minimum absolute atomic E-state index is 0.0388. The molecule has 6 heteroatoms. The van der Waals surface area contributed by atoms with E-state index in [1.165, 1.54) is 0 Å². The monoisotopic (exact) mass is 354 g/mol. The standard InChI is InChI=1S/C20H26N4O2/c25-19(11-15-23-13-6-2-5-10-20(23)26)22-18(16-24-14-7-12-21-24)17-8-3-1-4-9-17/h1,3-4,7-9,12,14,18H,2,5-6,10-11,13,15-16H2,(H,22,25)/t18-/m0/s1. The van der Waals surface area contributed by atoms with Crippen LogP contribution in [0.25, 0.3) is 0 Å². The van der Waals surface area contributed by atoms with E-state index in [1.807, 2.05) is 52.2 Å². The number of rotatable bonds is 7.